The van der Waals surface area contributed by atoms with E-state index in [9.17, 15) is 9.90 Å². The van der Waals surface area contributed by atoms with Crippen LogP contribution >= 0.6 is 0 Å². The van der Waals surface area contributed by atoms with Crippen LogP contribution in [0.1, 0.15) is 35.0 Å². The number of carbonyl (C=O) groups is 1. The van der Waals surface area contributed by atoms with Gasteiger partial charge in [-0.2, -0.15) is 0 Å². The molecule has 5 nitrogen and oxygen atoms in total. The number of carboxylic acids is 1. The van der Waals surface area contributed by atoms with E-state index >= 15 is 0 Å². The SMILES string of the molecule is COC1CN(c2nc(C)cc(C)c2C(=O)O)CCC1C. The Bertz CT molecular complexity index is 516. The number of aromatic nitrogens is 1. The Kier molecular flexibility index (Phi) is 4.28. The molecule has 0 amide bonds. The molecule has 1 aliphatic rings. The van der Waals surface area contributed by atoms with Crippen molar-refractivity contribution in [2.24, 2.45) is 5.92 Å². The van der Waals surface area contributed by atoms with Gasteiger partial charge < -0.3 is 14.7 Å². The zero-order valence-electron chi connectivity index (χ0n) is 12.5. The molecule has 5 heteroatoms. The van der Waals surface area contributed by atoms with Gasteiger partial charge in [0.25, 0.3) is 0 Å². The van der Waals surface area contributed by atoms with E-state index < -0.39 is 5.97 Å². The monoisotopic (exact) mass is 278 g/mol. The molecular weight excluding hydrogens is 256 g/mol. The number of hydrogen-bond acceptors (Lipinski definition) is 4. The van der Waals surface area contributed by atoms with E-state index in [1.54, 1.807) is 7.11 Å². The van der Waals surface area contributed by atoms with Gasteiger partial charge in [0.2, 0.25) is 0 Å². The molecule has 0 saturated carbocycles. The highest BCUT2D eigenvalue weighted by atomic mass is 16.5. The largest absolute Gasteiger partial charge is 0.478 e. The predicted molar refractivity (Wildman–Crippen MR) is 77.5 cm³/mol. The maximum Gasteiger partial charge on any atom is 0.339 e. The lowest BCUT2D eigenvalue weighted by molar-refractivity contribution is 0.0494. The first-order valence-corrected chi connectivity index (χ1v) is 6.93. The fourth-order valence-electron chi connectivity index (χ4n) is 2.84. The number of aryl methyl sites for hydroxylation is 2. The van der Waals surface area contributed by atoms with Crippen molar-refractivity contribution in [1.29, 1.82) is 0 Å². The summed E-state index contributed by atoms with van der Waals surface area (Å²) in [6.45, 7) is 7.38. The topological polar surface area (TPSA) is 62.7 Å². The summed E-state index contributed by atoms with van der Waals surface area (Å²) in [5.41, 5.74) is 1.91. The van der Waals surface area contributed by atoms with Crippen LogP contribution in [-0.4, -0.2) is 42.4 Å². The first kappa shape index (κ1) is 14.8. The van der Waals surface area contributed by atoms with Crippen molar-refractivity contribution in [1.82, 2.24) is 4.98 Å². The normalized spacial score (nSPS) is 22.9. The van der Waals surface area contributed by atoms with E-state index in [4.69, 9.17) is 4.74 Å². The maximum absolute atomic E-state index is 11.5. The molecule has 1 saturated heterocycles. The average Bonchev–Trinajstić information content (AvgIpc) is 2.37. The molecule has 1 aromatic rings. The number of aromatic carboxylic acids is 1. The molecule has 1 N–H and O–H groups in total. The number of methoxy groups -OCH3 is 1. The van der Waals surface area contributed by atoms with Gasteiger partial charge in [-0.05, 0) is 37.8 Å². The summed E-state index contributed by atoms with van der Waals surface area (Å²) in [7, 11) is 1.71. The van der Waals surface area contributed by atoms with Gasteiger partial charge in [0, 0.05) is 25.9 Å². The zero-order valence-corrected chi connectivity index (χ0v) is 12.5. The summed E-state index contributed by atoms with van der Waals surface area (Å²) >= 11 is 0. The van der Waals surface area contributed by atoms with E-state index in [-0.39, 0.29) is 6.10 Å². The molecule has 20 heavy (non-hydrogen) atoms. The third-order valence-electron chi connectivity index (χ3n) is 4.03. The highest BCUT2D eigenvalue weighted by Gasteiger charge is 2.29. The quantitative estimate of drug-likeness (QED) is 0.919. The number of carboxylic acid groups (broad SMARTS) is 1. The summed E-state index contributed by atoms with van der Waals surface area (Å²) < 4.78 is 5.50. The minimum absolute atomic E-state index is 0.119. The van der Waals surface area contributed by atoms with Crippen molar-refractivity contribution in [3.05, 3.63) is 22.9 Å². The van der Waals surface area contributed by atoms with E-state index in [0.29, 0.717) is 23.8 Å². The molecule has 2 heterocycles. The highest BCUT2D eigenvalue weighted by Crippen LogP contribution is 2.28. The molecule has 1 aromatic heterocycles. The van der Waals surface area contributed by atoms with Crippen molar-refractivity contribution in [2.75, 3.05) is 25.1 Å². The molecule has 1 aliphatic heterocycles. The molecular formula is C15H22N2O3. The van der Waals surface area contributed by atoms with Crippen LogP contribution in [0.15, 0.2) is 6.07 Å². The van der Waals surface area contributed by atoms with Gasteiger partial charge in [-0.1, -0.05) is 6.92 Å². The lowest BCUT2D eigenvalue weighted by Gasteiger charge is -2.37. The fourth-order valence-corrected chi connectivity index (χ4v) is 2.84. The van der Waals surface area contributed by atoms with Crippen molar-refractivity contribution >= 4 is 11.8 Å². The van der Waals surface area contributed by atoms with Gasteiger partial charge in [-0.3, -0.25) is 0 Å². The van der Waals surface area contributed by atoms with Crippen molar-refractivity contribution < 1.29 is 14.6 Å². The standard InChI is InChI=1S/C15H22N2O3/c1-9-5-6-17(8-12(9)20-4)14-13(15(18)19)10(2)7-11(3)16-14/h7,9,12H,5-6,8H2,1-4H3,(H,18,19). The Morgan fingerprint density at radius 1 is 1.50 bits per heavy atom. The summed E-state index contributed by atoms with van der Waals surface area (Å²) in [4.78, 5) is 18.0. The first-order valence-electron chi connectivity index (χ1n) is 6.93. The van der Waals surface area contributed by atoms with Crippen LogP contribution in [0.5, 0.6) is 0 Å². The van der Waals surface area contributed by atoms with Gasteiger partial charge in [0.1, 0.15) is 11.4 Å². The Morgan fingerprint density at radius 2 is 2.20 bits per heavy atom. The Labute approximate surface area is 119 Å². The Balaban J connectivity index is 2.39. The number of hydrogen-bond donors (Lipinski definition) is 1. The van der Waals surface area contributed by atoms with E-state index in [1.807, 2.05) is 24.8 Å². The second kappa shape index (κ2) is 5.79. The molecule has 0 aliphatic carbocycles. The fraction of sp³-hybridized carbons (Fsp3) is 0.600. The molecule has 2 rings (SSSR count). The van der Waals surface area contributed by atoms with Crippen molar-refractivity contribution in [3.63, 3.8) is 0 Å². The van der Waals surface area contributed by atoms with Gasteiger partial charge in [-0.25, -0.2) is 9.78 Å². The van der Waals surface area contributed by atoms with Gasteiger partial charge in [0.15, 0.2) is 0 Å². The van der Waals surface area contributed by atoms with E-state index in [2.05, 4.69) is 11.9 Å². The molecule has 0 aromatic carbocycles. The van der Waals surface area contributed by atoms with Crippen LogP contribution in [0.3, 0.4) is 0 Å². The molecule has 0 radical (unpaired) electrons. The van der Waals surface area contributed by atoms with Crippen LogP contribution in [0.25, 0.3) is 0 Å². The minimum atomic E-state index is -0.919. The molecule has 1 fully saturated rings. The zero-order chi connectivity index (χ0) is 14.9. The number of rotatable bonds is 3. The molecule has 110 valence electrons. The Morgan fingerprint density at radius 3 is 2.80 bits per heavy atom. The molecule has 0 bridgehead atoms. The first-order chi connectivity index (χ1) is 9.43. The number of pyridine rings is 1. The molecule has 0 spiro atoms. The highest BCUT2D eigenvalue weighted by molar-refractivity contribution is 5.95. The molecule has 2 unspecified atom stereocenters. The third kappa shape index (κ3) is 2.77. The van der Waals surface area contributed by atoms with E-state index in [1.165, 1.54) is 0 Å². The van der Waals surface area contributed by atoms with Gasteiger partial charge >= 0.3 is 5.97 Å². The second-order valence-corrected chi connectivity index (χ2v) is 5.57. The lowest BCUT2D eigenvalue weighted by atomic mass is 9.95. The smallest absolute Gasteiger partial charge is 0.339 e. The number of anilines is 1. The van der Waals surface area contributed by atoms with Gasteiger partial charge in [0.05, 0.1) is 6.10 Å². The summed E-state index contributed by atoms with van der Waals surface area (Å²) in [6.07, 6.45) is 1.10. The van der Waals surface area contributed by atoms with Crippen LogP contribution in [0.4, 0.5) is 5.82 Å². The maximum atomic E-state index is 11.5. The minimum Gasteiger partial charge on any atom is -0.478 e. The third-order valence-corrected chi connectivity index (χ3v) is 4.03. The van der Waals surface area contributed by atoms with Crippen LogP contribution in [0.2, 0.25) is 0 Å². The van der Waals surface area contributed by atoms with Crippen LogP contribution in [-0.2, 0) is 4.74 Å². The van der Waals surface area contributed by atoms with Crippen molar-refractivity contribution in [2.45, 2.75) is 33.3 Å². The summed E-state index contributed by atoms with van der Waals surface area (Å²) in [5.74, 6) is 0.136. The second-order valence-electron chi connectivity index (χ2n) is 5.57. The average molecular weight is 278 g/mol. The lowest BCUT2D eigenvalue weighted by Crippen LogP contribution is -2.45. The molecule has 2 atom stereocenters. The van der Waals surface area contributed by atoms with Crippen LogP contribution in [0, 0.1) is 19.8 Å². The summed E-state index contributed by atoms with van der Waals surface area (Å²) in [6, 6.07) is 1.81. The number of ether oxygens (including phenoxy) is 1. The number of nitrogens with zero attached hydrogens (tertiary/aromatic N) is 2. The number of piperidine rings is 1. The summed E-state index contributed by atoms with van der Waals surface area (Å²) in [5, 5.41) is 9.45. The van der Waals surface area contributed by atoms with Crippen LogP contribution < -0.4 is 4.90 Å². The Hall–Kier alpha value is -1.62. The predicted octanol–water partition coefficient (Wildman–Crippen LogP) is 2.26. The van der Waals surface area contributed by atoms with Crippen molar-refractivity contribution in [3.8, 4) is 0 Å². The van der Waals surface area contributed by atoms with Gasteiger partial charge in [-0.15, -0.1) is 0 Å². The van der Waals surface area contributed by atoms with E-state index in [0.717, 1.165) is 24.2 Å².